The molecule has 0 aliphatic heterocycles. The van der Waals surface area contributed by atoms with Crippen LogP contribution in [-0.2, 0) is 4.79 Å². The van der Waals surface area contributed by atoms with Gasteiger partial charge < -0.3 is 15.8 Å². The normalized spacial score (nSPS) is 11.1. The van der Waals surface area contributed by atoms with Crippen molar-refractivity contribution in [3.63, 3.8) is 0 Å². The maximum absolute atomic E-state index is 11.6. The molecule has 0 atom stereocenters. The van der Waals surface area contributed by atoms with Crippen LogP contribution >= 0.6 is 0 Å². The summed E-state index contributed by atoms with van der Waals surface area (Å²) in [5.74, 6) is 0.499. The monoisotopic (exact) mass is 250 g/mol. The Kier molecular flexibility index (Phi) is 5.01. The van der Waals surface area contributed by atoms with Gasteiger partial charge in [-0.25, -0.2) is 0 Å². The van der Waals surface area contributed by atoms with Crippen LogP contribution in [0.15, 0.2) is 24.3 Å². The number of benzene rings is 1. The van der Waals surface area contributed by atoms with Gasteiger partial charge in [-0.3, -0.25) is 4.79 Å². The number of carbonyl (C=O) groups excluding carboxylic acids is 1. The minimum atomic E-state index is -0.112. The van der Waals surface area contributed by atoms with E-state index in [1.165, 1.54) is 0 Å². The van der Waals surface area contributed by atoms with Crippen LogP contribution in [0.5, 0.6) is 5.75 Å². The van der Waals surface area contributed by atoms with Gasteiger partial charge in [-0.1, -0.05) is 26.8 Å². The van der Waals surface area contributed by atoms with Crippen LogP contribution < -0.4 is 15.8 Å². The molecule has 0 fully saturated rings. The number of nitrogens with two attached hydrogens (primary N) is 1. The van der Waals surface area contributed by atoms with Crippen molar-refractivity contribution in [3.8, 4) is 5.75 Å². The molecule has 0 aromatic heterocycles. The van der Waals surface area contributed by atoms with E-state index in [-0.39, 0.29) is 17.9 Å². The summed E-state index contributed by atoms with van der Waals surface area (Å²) in [5, 5.41) is 2.86. The Morgan fingerprint density at radius 1 is 1.44 bits per heavy atom. The third-order valence-electron chi connectivity index (χ3n) is 2.95. The predicted octanol–water partition coefficient (Wildman–Crippen LogP) is 2.20. The van der Waals surface area contributed by atoms with Gasteiger partial charge in [-0.2, -0.15) is 0 Å². The van der Waals surface area contributed by atoms with E-state index < -0.39 is 0 Å². The lowest BCUT2D eigenvalue weighted by Crippen LogP contribution is -2.36. The Labute approximate surface area is 109 Å². The summed E-state index contributed by atoms with van der Waals surface area (Å²) in [5.41, 5.74) is 6.36. The second-order valence-electron chi connectivity index (χ2n) is 5.16. The average Bonchev–Trinajstić information content (AvgIpc) is 2.34. The van der Waals surface area contributed by atoms with Crippen molar-refractivity contribution in [2.45, 2.75) is 27.2 Å². The van der Waals surface area contributed by atoms with Gasteiger partial charge in [0, 0.05) is 18.3 Å². The van der Waals surface area contributed by atoms with E-state index in [4.69, 9.17) is 10.5 Å². The molecular formula is C14H22N2O2. The maximum atomic E-state index is 11.6. The summed E-state index contributed by atoms with van der Waals surface area (Å²) >= 11 is 0. The van der Waals surface area contributed by atoms with Crippen LogP contribution in [0.3, 0.4) is 0 Å². The minimum Gasteiger partial charge on any atom is -0.484 e. The zero-order valence-corrected chi connectivity index (χ0v) is 11.3. The fourth-order valence-electron chi connectivity index (χ4n) is 1.27. The molecule has 0 aliphatic carbocycles. The van der Waals surface area contributed by atoms with E-state index in [0.29, 0.717) is 18.0 Å². The second-order valence-corrected chi connectivity index (χ2v) is 5.16. The lowest BCUT2D eigenvalue weighted by atomic mass is 9.90. The van der Waals surface area contributed by atoms with Crippen molar-refractivity contribution in [2.24, 2.45) is 5.41 Å². The van der Waals surface area contributed by atoms with Crippen molar-refractivity contribution >= 4 is 11.6 Å². The summed E-state index contributed by atoms with van der Waals surface area (Å²) in [6, 6.07) is 7.04. The van der Waals surface area contributed by atoms with Crippen molar-refractivity contribution in [2.75, 3.05) is 18.9 Å². The number of hydrogen-bond donors (Lipinski definition) is 2. The van der Waals surface area contributed by atoms with Crippen LogP contribution in [0.4, 0.5) is 5.69 Å². The molecule has 0 heterocycles. The largest absolute Gasteiger partial charge is 0.484 e. The number of ether oxygens (including phenoxy) is 1. The Balaban J connectivity index is 2.34. The molecule has 0 radical (unpaired) electrons. The van der Waals surface area contributed by atoms with E-state index >= 15 is 0 Å². The molecule has 1 amide bonds. The highest BCUT2D eigenvalue weighted by Crippen LogP contribution is 2.17. The molecule has 1 aromatic carbocycles. The topological polar surface area (TPSA) is 64.3 Å². The van der Waals surface area contributed by atoms with E-state index in [2.05, 4.69) is 26.1 Å². The van der Waals surface area contributed by atoms with Crippen LogP contribution in [-0.4, -0.2) is 19.1 Å². The van der Waals surface area contributed by atoms with Gasteiger partial charge >= 0.3 is 0 Å². The van der Waals surface area contributed by atoms with Crippen molar-refractivity contribution in [3.05, 3.63) is 24.3 Å². The van der Waals surface area contributed by atoms with Gasteiger partial charge in [-0.15, -0.1) is 0 Å². The molecule has 0 saturated carbocycles. The summed E-state index contributed by atoms with van der Waals surface area (Å²) in [6.07, 6.45) is 1.02. The molecule has 18 heavy (non-hydrogen) atoms. The molecule has 0 unspecified atom stereocenters. The highest BCUT2D eigenvalue weighted by Gasteiger charge is 2.16. The summed E-state index contributed by atoms with van der Waals surface area (Å²) in [6.45, 7) is 7.01. The summed E-state index contributed by atoms with van der Waals surface area (Å²) < 4.78 is 5.36. The fraction of sp³-hybridized carbons (Fsp3) is 0.500. The lowest BCUT2D eigenvalue weighted by Gasteiger charge is -2.22. The zero-order chi connectivity index (χ0) is 13.6. The van der Waals surface area contributed by atoms with Gasteiger partial charge in [0.1, 0.15) is 5.75 Å². The van der Waals surface area contributed by atoms with Crippen molar-refractivity contribution in [1.82, 2.24) is 5.32 Å². The molecule has 0 aliphatic rings. The molecule has 3 N–H and O–H groups in total. The predicted molar refractivity (Wildman–Crippen MR) is 73.4 cm³/mol. The van der Waals surface area contributed by atoms with E-state index in [1.807, 2.05) is 0 Å². The minimum absolute atomic E-state index is 0.0171. The number of amides is 1. The standard InChI is InChI=1S/C14H22N2O2/c1-4-14(2,3)10-16-13(17)9-18-12-7-5-6-11(15)8-12/h5-8H,4,9-10,15H2,1-3H3,(H,16,17). The summed E-state index contributed by atoms with van der Waals surface area (Å²) in [7, 11) is 0. The van der Waals surface area contributed by atoms with Crippen LogP contribution in [0.1, 0.15) is 27.2 Å². The fourth-order valence-corrected chi connectivity index (χ4v) is 1.27. The molecule has 100 valence electrons. The zero-order valence-electron chi connectivity index (χ0n) is 11.3. The number of rotatable bonds is 6. The number of anilines is 1. The average molecular weight is 250 g/mol. The quantitative estimate of drug-likeness (QED) is 0.761. The third kappa shape index (κ3) is 5.08. The molecular weight excluding hydrogens is 228 g/mol. The van der Waals surface area contributed by atoms with Crippen LogP contribution in [0.2, 0.25) is 0 Å². The van der Waals surface area contributed by atoms with E-state index in [1.54, 1.807) is 24.3 Å². The molecule has 1 aromatic rings. The molecule has 0 saturated heterocycles. The number of carbonyl (C=O) groups is 1. The molecule has 4 nitrogen and oxygen atoms in total. The second kappa shape index (κ2) is 6.28. The Hall–Kier alpha value is -1.71. The highest BCUT2D eigenvalue weighted by molar-refractivity contribution is 5.77. The van der Waals surface area contributed by atoms with Crippen molar-refractivity contribution < 1.29 is 9.53 Å². The molecule has 0 bridgehead atoms. The van der Waals surface area contributed by atoms with Gasteiger partial charge in [0.05, 0.1) is 0 Å². The van der Waals surface area contributed by atoms with Crippen LogP contribution in [0, 0.1) is 5.41 Å². The molecule has 4 heteroatoms. The first-order chi connectivity index (χ1) is 8.43. The number of hydrogen-bond acceptors (Lipinski definition) is 3. The maximum Gasteiger partial charge on any atom is 0.257 e. The molecule has 1 rings (SSSR count). The first-order valence-corrected chi connectivity index (χ1v) is 6.18. The van der Waals surface area contributed by atoms with Gasteiger partial charge in [-0.05, 0) is 24.0 Å². The van der Waals surface area contributed by atoms with E-state index in [9.17, 15) is 4.79 Å². The Morgan fingerprint density at radius 2 is 2.17 bits per heavy atom. The first kappa shape index (κ1) is 14.4. The van der Waals surface area contributed by atoms with Gasteiger partial charge in [0.2, 0.25) is 0 Å². The number of nitrogen functional groups attached to an aromatic ring is 1. The Morgan fingerprint density at radius 3 is 2.78 bits per heavy atom. The lowest BCUT2D eigenvalue weighted by molar-refractivity contribution is -0.123. The first-order valence-electron chi connectivity index (χ1n) is 6.18. The Bertz CT molecular complexity index is 403. The van der Waals surface area contributed by atoms with E-state index in [0.717, 1.165) is 6.42 Å². The van der Waals surface area contributed by atoms with Crippen molar-refractivity contribution in [1.29, 1.82) is 0 Å². The van der Waals surface area contributed by atoms with Gasteiger partial charge in [0.15, 0.2) is 6.61 Å². The number of nitrogens with one attached hydrogen (secondary N) is 1. The summed E-state index contributed by atoms with van der Waals surface area (Å²) in [4.78, 5) is 11.6. The highest BCUT2D eigenvalue weighted by atomic mass is 16.5. The molecule has 0 spiro atoms. The smallest absolute Gasteiger partial charge is 0.257 e. The SMILES string of the molecule is CCC(C)(C)CNC(=O)COc1cccc(N)c1. The van der Waals surface area contributed by atoms with Gasteiger partial charge in [0.25, 0.3) is 5.91 Å². The van der Waals surface area contributed by atoms with Crippen LogP contribution in [0.25, 0.3) is 0 Å². The third-order valence-corrected chi connectivity index (χ3v) is 2.95.